The number of benzene rings is 2. The number of hydrogen-bond acceptors (Lipinski definition) is 4. The molecule has 2 amide bonds. The number of anilines is 1. The van der Waals surface area contributed by atoms with Crippen LogP contribution in [0.2, 0.25) is 10.0 Å². The van der Waals surface area contributed by atoms with Gasteiger partial charge in [-0.3, -0.25) is 9.59 Å². The molecule has 2 aromatic rings. The second-order valence-corrected chi connectivity index (χ2v) is 8.06. The van der Waals surface area contributed by atoms with Crippen LogP contribution in [0.3, 0.4) is 0 Å². The average Bonchev–Trinajstić information content (AvgIpc) is 2.65. The van der Waals surface area contributed by atoms with Crippen molar-refractivity contribution in [2.45, 2.75) is 12.3 Å². The van der Waals surface area contributed by atoms with Crippen molar-refractivity contribution < 1.29 is 14.0 Å². The van der Waals surface area contributed by atoms with E-state index in [-0.39, 0.29) is 24.0 Å². The summed E-state index contributed by atoms with van der Waals surface area (Å²) in [6.45, 7) is 0. The van der Waals surface area contributed by atoms with E-state index in [0.717, 1.165) is 11.8 Å². The summed E-state index contributed by atoms with van der Waals surface area (Å²) in [6, 6.07) is 12.4. The first-order valence-electron chi connectivity index (χ1n) is 8.44. The summed E-state index contributed by atoms with van der Waals surface area (Å²) in [6.07, 6.45) is 0.0752. The minimum absolute atomic E-state index is 0.0406. The Morgan fingerprint density at radius 2 is 1.90 bits per heavy atom. The molecular weight excluding hydrogens is 436 g/mol. The Kier molecular flexibility index (Phi) is 6.80. The SMILES string of the molecule is N#CC1=C(SCC(=O)Nc2cc(Cl)cc(Cl)c2)NC(=O)C[C@@H]1c1ccc(F)cc1. The highest BCUT2D eigenvalue weighted by atomic mass is 35.5. The van der Waals surface area contributed by atoms with Gasteiger partial charge >= 0.3 is 0 Å². The minimum Gasteiger partial charge on any atom is -0.325 e. The lowest BCUT2D eigenvalue weighted by Gasteiger charge is -2.25. The zero-order chi connectivity index (χ0) is 21.0. The molecule has 0 aromatic heterocycles. The lowest BCUT2D eigenvalue weighted by atomic mass is 9.87. The monoisotopic (exact) mass is 449 g/mol. The second-order valence-electron chi connectivity index (χ2n) is 6.21. The molecule has 1 atom stereocenters. The Hall–Kier alpha value is -2.53. The van der Waals surface area contributed by atoms with Crippen molar-refractivity contribution in [3.8, 4) is 6.07 Å². The number of nitrogens with one attached hydrogen (secondary N) is 2. The van der Waals surface area contributed by atoms with Crippen molar-refractivity contribution in [2.24, 2.45) is 0 Å². The van der Waals surface area contributed by atoms with Gasteiger partial charge in [-0.2, -0.15) is 5.26 Å². The van der Waals surface area contributed by atoms with Crippen LogP contribution in [0.4, 0.5) is 10.1 Å². The van der Waals surface area contributed by atoms with Crippen LogP contribution in [0, 0.1) is 17.1 Å². The predicted molar refractivity (Wildman–Crippen MR) is 112 cm³/mol. The van der Waals surface area contributed by atoms with Gasteiger partial charge in [0.1, 0.15) is 5.82 Å². The summed E-state index contributed by atoms with van der Waals surface area (Å²) < 4.78 is 13.2. The Bertz CT molecular complexity index is 1010. The molecule has 1 heterocycles. The highest BCUT2D eigenvalue weighted by molar-refractivity contribution is 8.03. The molecule has 1 aliphatic rings. The fourth-order valence-electron chi connectivity index (χ4n) is 2.87. The van der Waals surface area contributed by atoms with Crippen LogP contribution in [0.15, 0.2) is 53.1 Å². The Morgan fingerprint density at radius 3 is 2.52 bits per heavy atom. The van der Waals surface area contributed by atoms with E-state index in [9.17, 15) is 19.2 Å². The van der Waals surface area contributed by atoms with Crippen molar-refractivity contribution in [2.75, 3.05) is 11.1 Å². The number of carbonyl (C=O) groups is 2. The maximum absolute atomic E-state index is 13.2. The van der Waals surface area contributed by atoms with Gasteiger partial charge in [-0.25, -0.2) is 4.39 Å². The lowest BCUT2D eigenvalue weighted by molar-refractivity contribution is -0.121. The summed E-state index contributed by atoms with van der Waals surface area (Å²) in [5.74, 6) is -1.56. The third-order valence-corrected chi connectivity index (χ3v) is 5.58. The number of hydrogen-bond donors (Lipinski definition) is 2. The van der Waals surface area contributed by atoms with Crippen LogP contribution in [0.25, 0.3) is 0 Å². The van der Waals surface area contributed by atoms with E-state index in [1.807, 2.05) is 0 Å². The molecule has 0 unspecified atom stereocenters. The van der Waals surface area contributed by atoms with Gasteiger partial charge in [-0.05, 0) is 35.9 Å². The molecule has 2 N–H and O–H groups in total. The van der Waals surface area contributed by atoms with Crippen LogP contribution in [0.1, 0.15) is 17.9 Å². The van der Waals surface area contributed by atoms with Crippen molar-refractivity contribution in [1.29, 1.82) is 5.26 Å². The molecule has 148 valence electrons. The van der Waals surface area contributed by atoms with Crippen molar-refractivity contribution >= 4 is 52.5 Å². The van der Waals surface area contributed by atoms with E-state index < -0.39 is 11.7 Å². The predicted octanol–water partition coefficient (Wildman–Crippen LogP) is 4.84. The number of allylic oxidation sites excluding steroid dienone is 1. The van der Waals surface area contributed by atoms with E-state index in [4.69, 9.17) is 23.2 Å². The molecule has 1 aliphatic heterocycles. The topological polar surface area (TPSA) is 82.0 Å². The molecular formula is C20H14Cl2FN3O2S. The maximum atomic E-state index is 13.2. The number of halogens is 3. The van der Waals surface area contributed by atoms with Crippen LogP contribution in [-0.4, -0.2) is 17.6 Å². The highest BCUT2D eigenvalue weighted by Gasteiger charge is 2.29. The standard InChI is InChI=1S/C20H14Cl2FN3O2S/c21-12-5-13(22)7-15(6-12)25-19(28)10-29-20-17(9-24)16(8-18(27)26-20)11-1-3-14(23)4-2-11/h1-7,16H,8,10H2,(H,25,28)(H,26,27)/t16-/m1/s1. The Balaban J connectivity index is 1.75. The fourth-order valence-corrected chi connectivity index (χ4v) is 4.28. The van der Waals surface area contributed by atoms with E-state index in [1.54, 1.807) is 30.3 Å². The molecule has 0 spiro atoms. The average molecular weight is 450 g/mol. The number of carbonyl (C=O) groups excluding carboxylic acids is 2. The summed E-state index contributed by atoms with van der Waals surface area (Å²) in [7, 11) is 0. The van der Waals surface area contributed by atoms with E-state index in [0.29, 0.717) is 31.9 Å². The first-order chi connectivity index (χ1) is 13.9. The molecule has 0 saturated heterocycles. The molecule has 0 saturated carbocycles. The smallest absolute Gasteiger partial charge is 0.234 e. The molecule has 0 bridgehead atoms. The molecule has 0 fully saturated rings. The fraction of sp³-hybridized carbons (Fsp3) is 0.150. The normalized spacial score (nSPS) is 16.2. The molecule has 29 heavy (non-hydrogen) atoms. The summed E-state index contributed by atoms with van der Waals surface area (Å²) >= 11 is 12.9. The molecule has 5 nitrogen and oxygen atoms in total. The molecule has 2 aromatic carbocycles. The minimum atomic E-state index is -0.494. The summed E-state index contributed by atoms with van der Waals surface area (Å²) in [5, 5.41) is 16.0. The number of nitrogens with zero attached hydrogens (tertiary/aromatic N) is 1. The van der Waals surface area contributed by atoms with E-state index >= 15 is 0 Å². The second kappa shape index (κ2) is 9.31. The number of nitriles is 1. The van der Waals surface area contributed by atoms with Gasteiger partial charge in [-0.1, -0.05) is 47.1 Å². The first kappa shape index (κ1) is 21.2. The Labute approximate surface area is 180 Å². The Morgan fingerprint density at radius 1 is 1.24 bits per heavy atom. The van der Waals surface area contributed by atoms with Gasteiger partial charge in [0, 0.05) is 28.1 Å². The van der Waals surface area contributed by atoms with Crippen LogP contribution >= 0.6 is 35.0 Å². The largest absolute Gasteiger partial charge is 0.325 e. The van der Waals surface area contributed by atoms with E-state index in [1.165, 1.54) is 12.1 Å². The van der Waals surface area contributed by atoms with Crippen molar-refractivity contribution in [1.82, 2.24) is 5.32 Å². The summed E-state index contributed by atoms with van der Waals surface area (Å²) in [4.78, 5) is 24.4. The van der Waals surface area contributed by atoms with Gasteiger partial charge in [0.15, 0.2) is 0 Å². The third-order valence-electron chi connectivity index (χ3n) is 4.12. The van der Waals surface area contributed by atoms with Crippen LogP contribution in [-0.2, 0) is 9.59 Å². The molecule has 0 aliphatic carbocycles. The highest BCUT2D eigenvalue weighted by Crippen LogP contribution is 2.36. The maximum Gasteiger partial charge on any atom is 0.234 e. The van der Waals surface area contributed by atoms with E-state index in [2.05, 4.69) is 16.7 Å². The van der Waals surface area contributed by atoms with Gasteiger partial charge in [0.05, 0.1) is 22.4 Å². The molecule has 0 radical (unpaired) electrons. The van der Waals surface area contributed by atoms with Gasteiger partial charge < -0.3 is 10.6 Å². The number of amides is 2. The van der Waals surface area contributed by atoms with Gasteiger partial charge in [-0.15, -0.1) is 0 Å². The quantitative estimate of drug-likeness (QED) is 0.683. The first-order valence-corrected chi connectivity index (χ1v) is 10.2. The number of thioether (sulfide) groups is 1. The van der Waals surface area contributed by atoms with Crippen LogP contribution < -0.4 is 10.6 Å². The zero-order valence-corrected chi connectivity index (χ0v) is 17.2. The lowest BCUT2D eigenvalue weighted by Crippen LogP contribution is -2.31. The zero-order valence-electron chi connectivity index (χ0n) is 14.8. The molecule has 3 rings (SSSR count). The summed E-state index contributed by atoms with van der Waals surface area (Å²) in [5.41, 5.74) is 1.44. The van der Waals surface area contributed by atoms with Gasteiger partial charge in [0.25, 0.3) is 0 Å². The molecule has 9 heteroatoms. The van der Waals surface area contributed by atoms with Crippen LogP contribution in [0.5, 0.6) is 0 Å². The van der Waals surface area contributed by atoms with Gasteiger partial charge in [0.2, 0.25) is 11.8 Å². The number of rotatable bonds is 5. The van der Waals surface area contributed by atoms with Crippen molar-refractivity contribution in [3.05, 3.63) is 74.5 Å². The van der Waals surface area contributed by atoms with Crippen molar-refractivity contribution in [3.63, 3.8) is 0 Å². The third kappa shape index (κ3) is 5.51.